The molecule has 9 heteroatoms. The fourth-order valence-corrected chi connectivity index (χ4v) is 6.47. The average molecular weight is 562 g/mol. The standard InChI is InChI=1S/C31H35N3O5S/c1-3-19-32-30(36)27(21-24-13-5-4-6-14-24)33(22-25-15-8-7-12-23(25)2)29(35)18-11-20-34-31(37)26-16-9-10-17-28(26)40(34,38)39/h4-10,12-17,27H,3,11,18-22H2,1-2H3,(H,32,36)/t27-/m0/s1. The normalized spacial score (nSPS) is 14.4. The van der Waals surface area contributed by atoms with Crippen LogP contribution in [0.3, 0.4) is 0 Å². The van der Waals surface area contributed by atoms with E-state index in [4.69, 9.17) is 0 Å². The minimum absolute atomic E-state index is 0.0111. The molecule has 0 saturated heterocycles. The molecule has 40 heavy (non-hydrogen) atoms. The lowest BCUT2D eigenvalue weighted by atomic mass is 10.0. The second-order valence-corrected chi connectivity index (χ2v) is 11.8. The predicted molar refractivity (Wildman–Crippen MR) is 153 cm³/mol. The Morgan fingerprint density at radius 1 is 0.950 bits per heavy atom. The van der Waals surface area contributed by atoms with Crippen LogP contribution in [0.4, 0.5) is 0 Å². The summed E-state index contributed by atoms with van der Waals surface area (Å²) in [7, 11) is -3.95. The van der Waals surface area contributed by atoms with E-state index < -0.39 is 22.0 Å². The van der Waals surface area contributed by atoms with E-state index in [2.05, 4.69) is 5.32 Å². The number of carbonyl (C=O) groups excluding carboxylic acids is 3. The highest BCUT2D eigenvalue weighted by Crippen LogP contribution is 2.30. The highest BCUT2D eigenvalue weighted by Gasteiger charge is 2.40. The molecule has 1 atom stereocenters. The zero-order valence-corrected chi connectivity index (χ0v) is 23.7. The number of rotatable bonds is 12. The lowest BCUT2D eigenvalue weighted by molar-refractivity contribution is -0.141. The molecule has 0 saturated carbocycles. The molecule has 1 heterocycles. The maximum atomic E-state index is 13.8. The van der Waals surface area contributed by atoms with Gasteiger partial charge in [0.1, 0.15) is 10.9 Å². The number of benzene rings is 3. The number of amides is 3. The predicted octanol–water partition coefficient (Wildman–Crippen LogP) is 4.09. The molecule has 0 aliphatic carbocycles. The van der Waals surface area contributed by atoms with E-state index in [1.165, 1.54) is 12.1 Å². The topological polar surface area (TPSA) is 104 Å². The maximum Gasteiger partial charge on any atom is 0.269 e. The van der Waals surface area contributed by atoms with Crippen LogP contribution in [0.15, 0.2) is 83.8 Å². The number of sulfonamides is 1. The van der Waals surface area contributed by atoms with Crippen molar-refractivity contribution in [2.75, 3.05) is 13.1 Å². The van der Waals surface area contributed by atoms with Crippen molar-refractivity contribution < 1.29 is 22.8 Å². The van der Waals surface area contributed by atoms with E-state index in [9.17, 15) is 22.8 Å². The molecule has 3 aromatic carbocycles. The van der Waals surface area contributed by atoms with Crippen molar-refractivity contribution >= 4 is 27.7 Å². The van der Waals surface area contributed by atoms with Crippen molar-refractivity contribution in [2.45, 2.75) is 57.0 Å². The van der Waals surface area contributed by atoms with Crippen LogP contribution < -0.4 is 5.32 Å². The van der Waals surface area contributed by atoms with Gasteiger partial charge >= 0.3 is 0 Å². The summed E-state index contributed by atoms with van der Waals surface area (Å²) in [4.78, 5) is 41.6. The van der Waals surface area contributed by atoms with Crippen LogP contribution in [0.2, 0.25) is 0 Å². The SMILES string of the molecule is CCCNC(=O)[C@H](Cc1ccccc1)N(Cc1ccccc1C)C(=O)CCCN1C(=O)c2ccccc2S1(=O)=O. The molecular weight excluding hydrogens is 526 g/mol. The molecule has 0 bridgehead atoms. The van der Waals surface area contributed by atoms with Gasteiger partial charge in [-0.1, -0.05) is 73.7 Å². The van der Waals surface area contributed by atoms with Crippen molar-refractivity contribution in [1.29, 1.82) is 0 Å². The molecule has 3 amide bonds. The zero-order chi connectivity index (χ0) is 28.7. The number of hydrogen-bond acceptors (Lipinski definition) is 5. The first-order valence-corrected chi connectivity index (χ1v) is 15.0. The molecule has 0 spiro atoms. The molecule has 1 aliphatic rings. The number of aryl methyl sites for hydroxylation is 1. The van der Waals surface area contributed by atoms with Crippen LogP contribution in [-0.2, 0) is 32.6 Å². The molecule has 0 fully saturated rings. The molecule has 1 N–H and O–H groups in total. The van der Waals surface area contributed by atoms with Gasteiger partial charge in [0.15, 0.2) is 0 Å². The number of nitrogens with zero attached hydrogens (tertiary/aromatic N) is 2. The first-order chi connectivity index (χ1) is 19.2. The van der Waals surface area contributed by atoms with Gasteiger partial charge in [0.2, 0.25) is 11.8 Å². The summed E-state index contributed by atoms with van der Waals surface area (Å²) >= 11 is 0. The average Bonchev–Trinajstić information content (AvgIpc) is 3.15. The molecule has 1 aliphatic heterocycles. The Hall–Kier alpha value is -3.98. The first kappa shape index (κ1) is 29.0. The highest BCUT2D eigenvalue weighted by molar-refractivity contribution is 7.90. The van der Waals surface area contributed by atoms with Crippen molar-refractivity contribution in [3.8, 4) is 0 Å². The minimum atomic E-state index is -3.95. The van der Waals surface area contributed by atoms with Crippen LogP contribution >= 0.6 is 0 Å². The summed E-state index contributed by atoms with van der Waals surface area (Å²) in [6.07, 6.45) is 1.21. The quantitative estimate of drug-likeness (QED) is 0.359. The van der Waals surface area contributed by atoms with Gasteiger partial charge in [-0.2, -0.15) is 0 Å². The fourth-order valence-electron chi connectivity index (χ4n) is 4.86. The van der Waals surface area contributed by atoms with E-state index in [0.717, 1.165) is 27.4 Å². The number of fused-ring (bicyclic) bond motifs is 1. The monoisotopic (exact) mass is 561 g/mol. The van der Waals surface area contributed by atoms with E-state index in [-0.39, 0.29) is 48.2 Å². The van der Waals surface area contributed by atoms with Crippen LogP contribution in [0.1, 0.15) is 53.2 Å². The molecule has 0 unspecified atom stereocenters. The van der Waals surface area contributed by atoms with Gasteiger partial charge in [0.25, 0.3) is 15.9 Å². The van der Waals surface area contributed by atoms with Gasteiger partial charge in [0, 0.05) is 32.5 Å². The van der Waals surface area contributed by atoms with Crippen molar-refractivity contribution in [1.82, 2.24) is 14.5 Å². The molecule has 3 aromatic rings. The summed E-state index contributed by atoms with van der Waals surface area (Å²) in [6, 6.07) is 22.6. The van der Waals surface area contributed by atoms with Crippen LogP contribution in [-0.4, -0.2) is 54.5 Å². The Morgan fingerprint density at radius 3 is 2.33 bits per heavy atom. The van der Waals surface area contributed by atoms with Gasteiger partial charge in [-0.05, 0) is 48.6 Å². The zero-order valence-electron chi connectivity index (χ0n) is 22.9. The van der Waals surface area contributed by atoms with Crippen LogP contribution in [0, 0.1) is 6.92 Å². The van der Waals surface area contributed by atoms with Crippen LogP contribution in [0.5, 0.6) is 0 Å². The number of carbonyl (C=O) groups is 3. The Balaban J connectivity index is 1.56. The molecule has 8 nitrogen and oxygen atoms in total. The largest absolute Gasteiger partial charge is 0.354 e. The van der Waals surface area contributed by atoms with E-state index in [1.54, 1.807) is 17.0 Å². The Morgan fingerprint density at radius 2 is 1.62 bits per heavy atom. The van der Waals surface area contributed by atoms with Crippen LogP contribution in [0.25, 0.3) is 0 Å². The van der Waals surface area contributed by atoms with Crippen molar-refractivity contribution in [3.63, 3.8) is 0 Å². The summed E-state index contributed by atoms with van der Waals surface area (Å²) < 4.78 is 26.7. The van der Waals surface area contributed by atoms with E-state index >= 15 is 0 Å². The fraction of sp³-hybridized carbons (Fsp3) is 0.323. The summed E-state index contributed by atoms with van der Waals surface area (Å²) in [5, 5.41) is 2.95. The van der Waals surface area contributed by atoms with Gasteiger partial charge in [-0.3, -0.25) is 14.4 Å². The molecule has 210 valence electrons. The first-order valence-electron chi connectivity index (χ1n) is 13.6. The summed E-state index contributed by atoms with van der Waals surface area (Å²) in [6.45, 7) is 4.53. The Bertz CT molecular complexity index is 1470. The third kappa shape index (κ3) is 6.42. The van der Waals surface area contributed by atoms with Gasteiger partial charge < -0.3 is 10.2 Å². The smallest absolute Gasteiger partial charge is 0.269 e. The lowest BCUT2D eigenvalue weighted by Gasteiger charge is -2.32. The minimum Gasteiger partial charge on any atom is -0.354 e. The summed E-state index contributed by atoms with van der Waals surface area (Å²) in [5.74, 6) is -1.10. The lowest BCUT2D eigenvalue weighted by Crippen LogP contribution is -2.50. The highest BCUT2D eigenvalue weighted by atomic mass is 32.2. The third-order valence-electron chi connectivity index (χ3n) is 7.09. The number of nitrogens with one attached hydrogen (secondary N) is 1. The summed E-state index contributed by atoms with van der Waals surface area (Å²) in [5.41, 5.74) is 2.99. The van der Waals surface area contributed by atoms with Crippen molar-refractivity contribution in [2.24, 2.45) is 0 Å². The van der Waals surface area contributed by atoms with Gasteiger partial charge in [0.05, 0.1) is 5.56 Å². The van der Waals surface area contributed by atoms with E-state index in [0.29, 0.717) is 13.0 Å². The molecule has 4 rings (SSSR count). The second kappa shape index (κ2) is 12.9. The molecular formula is C31H35N3O5S. The second-order valence-electron chi connectivity index (χ2n) is 9.93. The third-order valence-corrected chi connectivity index (χ3v) is 8.93. The number of hydrogen-bond donors (Lipinski definition) is 1. The molecule has 0 aromatic heterocycles. The van der Waals surface area contributed by atoms with Gasteiger partial charge in [-0.15, -0.1) is 0 Å². The van der Waals surface area contributed by atoms with Gasteiger partial charge in [-0.25, -0.2) is 12.7 Å². The molecule has 0 radical (unpaired) electrons. The Labute approximate surface area is 236 Å². The Kier molecular flexibility index (Phi) is 9.37. The van der Waals surface area contributed by atoms with Crippen molar-refractivity contribution in [3.05, 3.63) is 101 Å². The maximum absolute atomic E-state index is 13.8. The van der Waals surface area contributed by atoms with E-state index in [1.807, 2.05) is 68.4 Å².